The number of nitrogens with zero attached hydrogens (tertiary/aromatic N) is 1. The van der Waals surface area contributed by atoms with Crippen LogP contribution in [0.1, 0.15) is 11.9 Å². The molecule has 0 saturated carbocycles. The Balaban J connectivity index is 2.11. The van der Waals surface area contributed by atoms with Gasteiger partial charge in [-0.3, -0.25) is 0 Å². The van der Waals surface area contributed by atoms with Crippen LogP contribution in [-0.2, 0) is 6.42 Å². The maximum absolute atomic E-state index is 4.33. The Bertz CT molecular complexity index is 395. The van der Waals surface area contributed by atoms with Crippen molar-refractivity contribution in [3.05, 3.63) is 41.5 Å². The zero-order valence-corrected chi connectivity index (χ0v) is 9.57. The first-order chi connectivity index (χ1) is 6.88. The third kappa shape index (κ3) is 2.36. The monoisotopic (exact) mass is 221 g/mol. The van der Waals surface area contributed by atoms with Gasteiger partial charge in [0.2, 0.25) is 0 Å². The van der Waals surface area contributed by atoms with Gasteiger partial charge in [0, 0.05) is 4.90 Å². The minimum Gasteiger partial charge on any atom is -0.248 e. The van der Waals surface area contributed by atoms with Crippen LogP contribution in [0.3, 0.4) is 0 Å². The zero-order valence-electron chi connectivity index (χ0n) is 7.93. The highest BCUT2D eigenvalue weighted by Gasteiger charge is 2.01. The summed E-state index contributed by atoms with van der Waals surface area (Å²) in [6.45, 7) is 2.13. The van der Waals surface area contributed by atoms with Crippen molar-refractivity contribution in [2.75, 3.05) is 0 Å². The molecule has 2 aromatic rings. The number of hydrogen-bond acceptors (Lipinski definition) is 3. The number of hydrogen-bond donors (Lipinski definition) is 0. The lowest BCUT2D eigenvalue weighted by atomic mass is 10.4. The van der Waals surface area contributed by atoms with Crippen molar-refractivity contribution in [1.82, 2.24) is 4.98 Å². The van der Waals surface area contributed by atoms with Gasteiger partial charge in [0.15, 0.2) is 0 Å². The second-order valence-electron chi connectivity index (χ2n) is 2.84. The largest absolute Gasteiger partial charge is 0.248 e. The number of benzene rings is 1. The molecule has 0 unspecified atom stereocenters. The van der Waals surface area contributed by atoms with Crippen molar-refractivity contribution < 1.29 is 0 Å². The quantitative estimate of drug-likeness (QED) is 0.780. The van der Waals surface area contributed by atoms with E-state index in [0.29, 0.717) is 0 Å². The van der Waals surface area contributed by atoms with E-state index in [4.69, 9.17) is 0 Å². The number of thiazole rings is 1. The Kier molecular flexibility index (Phi) is 3.22. The molecule has 1 nitrogen and oxygen atoms in total. The number of aryl methyl sites for hydroxylation is 1. The van der Waals surface area contributed by atoms with E-state index in [1.807, 2.05) is 12.3 Å². The van der Waals surface area contributed by atoms with Crippen molar-refractivity contribution in [2.24, 2.45) is 0 Å². The van der Waals surface area contributed by atoms with Gasteiger partial charge in [-0.15, -0.1) is 11.3 Å². The lowest BCUT2D eigenvalue weighted by Crippen LogP contribution is -1.70. The molecule has 0 spiro atoms. The smallest absolute Gasteiger partial charge is 0.0934 e. The molecule has 1 aromatic heterocycles. The van der Waals surface area contributed by atoms with E-state index in [1.165, 1.54) is 14.1 Å². The maximum Gasteiger partial charge on any atom is 0.0934 e. The fraction of sp³-hybridized carbons (Fsp3) is 0.182. The molecule has 72 valence electrons. The fourth-order valence-electron chi connectivity index (χ4n) is 1.11. The average molecular weight is 221 g/mol. The number of aromatic nitrogens is 1. The van der Waals surface area contributed by atoms with Crippen LogP contribution in [0.25, 0.3) is 0 Å². The predicted octanol–water partition coefficient (Wildman–Crippen LogP) is 3.86. The highest BCUT2D eigenvalue weighted by Crippen LogP contribution is 2.31. The van der Waals surface area contributed by atoms with E-state index in [1.54, 1.807) is 23.1 Å². The van der Waals surface area contributed by atoms with Crippen LogP contribution in [0, 0.1) is 0 Å². The van der Waals surface area contributed by atoms with Crippen molar-refractivity contribution in [1.29, 1.82) is 0 Å². The summed E-state index contributed by atoms with van der Waals surface area (Å²) >= 11 is 3.56. The Hall–Kier alpha value is -0.800. The van der Waals surface area contributed by atoms with Gasteiger partial charge in [-0.25, -0.2) is 4.98 Å². The summed E-state index contributed by atoms with van der Waals surface area (Å²) in [5.41, 5.74) is 0. The van der Waals surface area contributed by atoms with Crippen molar-refractivity contribution in [2.45, 2.75) is 22.4 Å². The normalized spacial score (nSPS) is 10.4. The Morgan fingerprint density at radius 3 is 2.71 bits per heavy atom. The van der Waals surface area contributed by atoms with Crippen LogP contribution in [0.2, 0.25) is 0 Å². The molecule has 3 heteroatoms. The molecule has 0 aliphatic carbocycles. The molecule has 0 atom stereocenters. The van der Waals surface area contributed by atoms with E-state index in [2.05, 4.69) is 36.2 Å². The van der Waals surface area contributed by atoms with Crippen molar-refractivity contribution in [3.8, 4) is 0 Å². The third-order valence-corrected chi connectivity index (χ3v) is 4.05. The summed E-state index contributed by atoms with van der Waals surface area (Å²) in [7, 11) is 0. The average Bonchev–Trinajstić information content (AvgIpc) is 2.67. The van der Waals surface area contributed by atoms with E-state index in [9.17, 15) is 0 Å². The predicted molar refractivity (Wildman–Crippen MR) is 62.1 cm³/mol. The van der Waals surface area contributed by atoms with Gasteiger partial charge < -0.3 is 0 Å². The molecule has 0 fully saturated rings. The summed E-state index contributed by atoms with van der Waals surface area (Å²) in [6.07, 6.45) is 2.99. The Morgan fingerprint density at radius 1 is 1.29 bits per heavy atom. The Labute approximate surface area is 92.2 Å². The summed E-state index contributed by atoms with van der Waals surface area (Å²) in [5, 5.41) is 1.21. The molecule has 0 aliphatic heterocycles. The van der Waals surface area contributed by atoms with Crippen molar-refractivity contribution >= 4 is 23.1 Å². The molecule has 14 heavy (non-hydrogen) atoms. The van der Waals surface area contributed by atoms with Gasteiger partial charge in [0.25, 0.3) is 0 Å². The van der Waals surface area contributed by atoms with Crippen LogP contribution in [0.15, 0.2) is 45.6 Å². The van der Waals surface area contributed by atoms with Crippen LogP contribution < -0.4 is 0 Å². The molecule has 2 rings (SSSR count). The summed E-state index contributed by atoms with van der Waals surface area (Å²) in [4.78, 5) is 5.61. The molecule has 0 N–H and O–H groups in total. The first-order valence-electron chi connectivity index (χ1n) is 4.56. The first kappa shape index (κ1) is 9.74. The fourth-order valence-corrected chi connectivity index (χ4v) is 3.07. The highest BCUT2D eigenvalue weighted by atomic mass is 32.2. The van der Waals surface area contributed by atoms with Gasteiger partial charge in [-0.1, -0.05) is 36.9 Å². The van der Waals surface area contributed by atoms with Crippen LogP contribution in [0.4, 0.5) is 0 Å². The van der Waals surface area contributed by atoms with E-state index < -0.39 is 0 Å². The molecular weight excluding hydrogens is 210 g/mol. The van der Waals surface area contributed by atoms with E-state index >= 15 is 0 Å². The molecule has 0 amide bonds. The van der Waals surface area contributed by atoms with Crippen molar-refractivity contribution in [3.63, 3.8) is 0 Å². The van der Waals surface area contributed by atoms with Gasteiger partial charge in [0.05, 0.1) is 15.4 Å². The molecule has 0 bridgehead atoms. The Morgan fingerprint density at radius 2 is 2.07 bits per heavy atom. The highest BCUT2D eigenvalue weighted by molar-refractivity contribution is 8.01. The summed E-state index contributed by atoms with van der Waals surface area (Å²) < 4.78 is 1.27. The first-order valence-corrected chi connectivity index (χ1v) is 6.19. The second-order valence-corrected chi connectivity index (χ2v) is 5.33. The SMILES string of the molecule is CCc1ncc(Sc2ccccc2)s1. The van der Waals surface area contributed by atoms with Gasteiger partial charge in [-0.05, 0) is 18.6 Å². The summed E-state index contributed by atoms with van der Waals surface area (Å²) in [6, 6.07) is 10.4. The van der Waals surface area contributed by atoms with E-state index in [0.717, 1.165) is 6.42 Å². The lowest BCUT2D eigenvalue weighted by molar-refractivity contribution is 1.09. The molecule has 1 aromatic carbocycles. The molecule has 0 saturated heterocycles. The van der Waals surface area contributed by atoms with Gasteiger partial charge in [-0.2, -0.15) is 0 Å². The maximum atomic E-state index is 4.33. The van der Waals surface area contributed by atoms with Gasteiger partial charge in [0.1, 0.15) is 0 Å². The lowest BCUT2D eigenvalue weighted by Gasteiger charge is -1.95. The van der Waals surface area contributed by atoms with Crippen LogP contribution >= 0.6 is 23.1 Å². The van der Waals surface area contributed by atoms with Gasteiger partial charge >= 0.3 is 0 Å². The third-order valence-electron chi connectivity index (χ3n) is 1.80. The topological polar surface area (TPSA) is 12.9 Å². The standard InChI is InChI=1S/C11H11NS2/c1-2-10-12-8-11(14-10)13-9-6-4-3-5-7-9/h3-8H,2H2,1H3. The molecule has 0 radical (unpaired) electrons. The molecular formula is C11H11NS2. The van der Waals surface area contributed by atoms with E-state index in [-0.39, 0.29) is 0 Å². The minimum atomic E-state index is 1.03. The minimum absolute atomic E-state index is 1.03. The molecule has 0 aliphatic rings. The second kappa shape index (κ2) is 4.62. The summed E-state index contributed by atoms with van der Waals surface area (Å²) in [5.74, 6) is 0. The van der Waals surface area contributed by atoms with Crippen LogP contribution in [0.5, 0.6) is 0 Å². The number of rotatable bonds is 3. The molecule has 1 heterocycles. The van der Waals surface area contributed by atoms with Crippen LogP contribution in [-0.4, -0.2) is 4.98 Å². The zero-order chi connectivity index (χ0) is 9.80.